The van der Waals surface area contributed by atoms with E-state index >= 15 is 0 Å². The van der Waals surface area contributed by atoms with Crippen LogP contribution in [0.1, 0.15) is 56.8 Å². The van der Waals surface area contributed by atoms with Crippen molar-refractivity contribution in [1.82, 2.24) is 4.98 Å². The summed E-state index contributed by atoms with van der Waals surface area (Å²) in [5.41, 5.74) is -7.02. The van der Waals surface area contributed by atoms with Gasteiger partial charge in [-0.3, -0.25) is 0 Å². The van der Waals surface area contributed by atoms with E-state index in [1.54, 1.807) is 0 Å². The van der Waals surface area contributed by atoms with Crippen LogP contribution in [0.3, 0.4) is 0 Å². The Morgan fingerprint density at radius 3 is 2.43 bits per heavy atom. The van der Waals surface area contributed by atoms with Gasteiger partial charge in [0.2, 0.25) is 0 Å². The van der Waals surface area contributed by atoms with Gasteiger partial charge in [0.05, 0.1) is 24.0 Å². The molecule has 0 atom stereocenters. The first-order valence-electron chi connectivity index (χ1n) is 7.63. The normalized spacial score (nSPS) is 12.0. The summed E-state index contributed by atoms with van der Waals surface area (Å²) >= 11 is 0. The first-order valence-corrected chi connectivity index (χ1v) is 7.63. The lowest BCUT2D eigenvalue weighted by Gasteiger charge is -2.18. The fourth-order valence-corrected chi connectivity index (χ4v) is 2.34. The number of carbonyl (C=O) groups is 2. The number of carboxylic acid groups (broad SMARTS) is 1. The average Bonchev–Trinajstić information content (AvgIpc) is 3.10. The number of aromatic nitrogens is 1. The molecule has 2 rings (SSSR count). The van der Waals surface area contributed by atoms with Crippen molar-refractivity contribution in [2.45, 2.75) is 19.5 Å². The van der Waals surface area contributed by atoms with E-state index in [0.717, 1.165) is 12.2 Å². The van der Waals surface area contributed by atoms with Gasteiger partial charge in [-0.05, 0) is 31.2 Å². The van der Waals surface area contributed by atoms with Crippen molar-refractivity contribution >= 4 is 24.1 Å². The number of esters is 1. The molecule has 0 amide bonds. The van der Waals surface area contributed by atoms with Gasteiger partial charge in [0.15, 0.2) is 5.69 Å². The molecule has 11 heteroatoms. The van der Waals surface area contributed by atoms with Gasteiger partial charge in [0.1, 0.15) is 11.5 Å². The largest absolute Gasteiger partial charge is 0.478 e. The van der Waals surface area contributed by atoms with E-state index in [9.17, 15) is 36.6 Å². The van der Waals surface area contributed by atoms with Crippen LogP contribution in [-0.4, -0.2) is 28.6 Å². The maximum atomic E-state index is 13.4. The summed E-state index contributed by atoms with van der Waals surface area (Å²) in [6, 6.07) is 2.81. The number of halogens is 5. The monoisotopic (exact) mass is 405 g/mol. The average molecular weight is 405 g/mol. The van der Waals surface area contributed by atoms with E-state index < -0.39 is 52.6 Å². The van der Waals surface area contributed by atoms with E-state index in [1.807, 2.05) is 0 Å². The quantitative estimate of drug-likeness (QED) is 0.555. The number of alkyl halides is 5. The smallest absolute Gasteiger partial charge is 0.434 e. The Kier molecular flexibility index (Phi) is 6.16. The molecule has 0 fully saturated rings. The number of carbonyl (C=O) groups excluding carboxylic acids is 1. The Labute approximate surface area is 154 Å². The van der Waals surface area contributed by atoms with Crippen LogP contribution in [0, 0.1) is 0 Å². The van der Waals surface area contributed by atoms with Crippen LogP contribution in [0.25, 0.3) is 12.2 Å². The number of aromatic carboxylic acids is 1. The minimum Gasteiger partial charge on any atom is -0.478 e. The topological polar surface area (TPSA) is 89.6 Å². The molecule has 0 bridgehead atoms. The molecule has 0 radical (unpaired) electrons. The van der Waals surface area contributed by atoms with Gasteiger partial charge < -0.3 is 14.3 Å². The van der Waals surface area contributed by atoms with E-state index in [4.69, 9.17) is 4.42 Å². The fourth-order valence-electron chi connectivity index (χ4n) is 2.34. The Morgan fingerprint density at radius 2 is 1.96 bits per heavy atom. The number of ether oxygens (including phenoxy) is 1. The van der Waals surface area contributed by atoms with E-state index in [0.29, 0.717) is 0 Å². The Morgan fingerprint density at radius 1 is 1.29 bits per heavy atom. The third kappa shape index (κ3) is 4.35. The van der Waals surface area contributed by atoms with Gasteiger partial charge in [0.25, 0.3) is 6.43 Å². The van der Waals surface area contributed by atoms with Crippen LogP contribution < -0.4 is 0 Å². The predicted molar refractivity (Wildman–Crippen MR) is 84.7 cm³/mol. The van der Waals surface area contributed by atoms with Crippen LogP contribution in [0.5, 0.6) is 0 Å². The van der Waals surface area contributed by atoms with Crippen molar-refractivity contribution in [3.05, 3.63) is 52.2 Å². The molecule has 0 aromatic carbocycles. The molecule has 2 heterocycles. The van der Waals surface area contributed by atoms with Crippen LogP contribution >= 0.6 is 0 Å². The fraction of sp³-hybridized carbons (Fsp3) is 0.235. The molecule has 0 aliphatic carbocycles. The minimum atomic E-state index is -5.32. The van der Waals surface area contributed by atoms with Crippen molar-refractivity contribution in [2.24, 2.45) is 0 Å². The predicted octanol–water partition coefficient (Wildman–Crippen LogP) is 4.68. The van der Waals surface area contributed by atoms with Gasteiger partial charge in [-0.1, -0.05) is 0 Å². The van der Waals surface area contributed by atoms with Crippen molar-refractivity contribution < 1.29 is 45.8 Å². The van der Waals surface area contributed by atoms with E-state index in [-0.39, 0.29) is 12.4 Å². The number of hydrogen-bond acceptors (Lipinski definition) is 5. The Bertz CT molecular complexity index is 904. The van der Waals surface area contributed by atoms with Crippen LogP contribution in [0.15, 0.2) is 22.8 Å². The summed E-state index contributed by atoms with van der Waals surface area (Å²) in [6.07, 6.45) is -5.95. The molecule has 0 unspecified atom stereocenters. The SMILES string of the molecule is CCOC(=O)c1c(C(F)(F)F)nc(C(F)F)c(C(=O)O)c1/C=C/c1ccco1. The zero-order valence-corrected chi connectivity index (χ0v) is 14.1. The van der Waals surface area contributed by atoms with Gasteiger partial charge >= 0.3 is 18.1 Å². The zero-order chi connectivity index (χ0) is 21.1. The molecule has 0 saturated carbocycles. The Hall–Kier alpha value is -3.24. The summed E-state index contributed by atoms with van der Waals surface area (Å²) in [5, 5.41) is 9.32. The second-order valence-electron chi connectivity index (χ2n) is 5.18. The summed E-state index contributed by atoms with van der Waals surface area (Å²) in [6.45, 7) is 0.971. The van der Waals surface area contributed by atoms with Crippen molar-refractivity contribution in [1.29, 1.82) is 0 Å². The van der Waals surface area contributed by atoms with E-state index in [1.165, 1.54) is 25.3 Å². The molecule has 6 nitrogen and oxygen atoms in total. The zero-order valence-electron chi connectivity index (χ0n) is 14.1. The lowest BCUT2D eigenvalue weighted by atomic mass is 9.96. The lowest BCUT2D eigenvalue weighted by Crippen LogP contribution is -2.23. The highest BCUT2D eigenvalue weighted by Crippen LogP contribution is 2.37. The molecule has 150 valence electrons. The van der Waals surface area contributed by atoms with Crippen molar-refractivity contribution in [2.75, 3.05) is 6.61 Å². The third-order valence-electron chi connectivity index (χ3n) is 3.39. The molecule has 2 aromatic heterocycles. The summed E-state index contributed by atoms with van der Waals surface area (Å²) < 4.78 is 76.3. The molecule has 0 aliphatic heterocycles. The van der Waals surface area contributed by atoms with Crippen LogP contribution in [0.2, 0.25) is 0 Å². The molecule has 28 heavy (non-hydrogen) atoms. The van der Waals surface area contributed by atoms with Crippen LogP contribution in [-0.2, 0) is 10.9 Å². The first kappa shape index (κ1) is 21.1. The van der Waals surface area contributed by atoms with Gasteiger partial charge in [-0.25, -0.2) is 23.4 Å². The van der Waals surface area contributed by atoms with Crippen LogP contribution in [0.4, 0.5) is 22.0 Å². The minimum absolute atomic E-state index is 0.0788. The lowest BCUT2D eigenvalue weighted by molar-refractivity contribution is -0.142. The van der Waals surface area contributed by atoms with Gasteiger partial charge in [-0.15, -0.1) is 0 Å². The van der Waals surface area contributed by atoms with E-state index in [2.05, 4.69) is 9.72 Å². The summed E-state index contributed by atoms with van der Waals surface area (Å²) in [5.74, 6) is -3.46. The van der Waals surface area contributed by atoms with Gasteiger partial charge in [-0.2, -0.15) is 13.2 Å². The number of carboxylic acids is 1. The number of nitrogens with zero attached hydrogens (tertiary/aromatic N) is 1. The van der Waals surface area contributed by atoms with Crippen molar-refractivity contribution in [3.8, 4) is 0 Å². The molecular formula is C17H12F5NO5. The Balaban J connectivity index is 2.93. The highest BCUT2D eigenvalue weighted by atomic mass is 19.4. The molecule has 0 saturated heterocycles. The molecule has 2 aromatic rings. The van der Waals surface area contributed by atoms with Crippen molar-refractivity contribution in [3.63, 3.8) is 0 Å². The standard InChI is InChI=1S/C17H12F5NO5/c1-2-27-16(26)11-9(6-5-8-4-3-7-28-8)10(15(24)25)12(14(18)19)23-13(11)17(20,21)22/h3-7,14H,2H2,1H3,(H,24,25)/b6-5+. The molecule has 0 aliphatic rings. The maximum Gasteiger partial charge on any atom is 0.434 e. The number of furan rings is 1. The molecular weight excluding hydrogens is 393 g/mol. The maximum absolute atomic E-state index is 13.4. The summed E-state index contributed by atoms with van der Waals surface area (Å²) in [7, 11) is 0. The van der Waals surface area contributed by atoms with Gasteiger partial charge in [0, 0.05) is 5.56 Å². The molecule has 0 spiro atoms. The summed E-state index contributed by atoms with van der Waals surface area (Å²) in [4.78, 5) is 26.4. The highest BCUT2D eigenvalue weighted by Gasteiger charge is 2.42. The highest BCUT2D eigenvalue weighted by molar-refractivity contribution is 6.03. The first-order chi connectivity index (χ1) is 13.1. The number of rotatable bonds is 6. The number of pyridine rings is 1. The second kappa shape index (κ2) is 8.19. The second-order valence-corrected chi connectivity index (χ2v) is 5.18. The number of hydrogen-bond donors (Lipinski definition) is 1. The molecule has 1 N–H and O–H groups in total. The third-order valence-corrected chi connectivity index (χ3v) is 3.39.